The molecular formula is C20H19ClN2O3. The third-order valence-electron chi connectivity index (χ3n) is 4.98. The van der Waals surface area contributed by atoms with Crippen LogP contribution in [-0.4, -0.2) is 24.5 Å². The van der Waals surface area contributed by atoms with Crippen molar-refractivity contribution < 1.29 is 14.3 Å². The fourth-order valence-corrected chi connectivity index (χ4v) is 3.94. The maximum absolute atomic E-state index is 12.5. The van der Waals surface area contributed by atoms with Crippen LogP contribution in [0, 0.1) is 0 Å². The summed E-state index contributed by atoms with van der Waals surface area (Å²) in [6.45, 7) is 2.65. The molecule has 0 bridgehead atoms. The smallest absolute Gasteiger partial charge is 0.338 e. The average Bonchev–Trinajstić information content (AvgIpc) is 3.12. The van der Waals surface area contributed by atoms with Gasteiger partial charge in [0, 0.05) is 17.1 Å². The molecule has 2 heterocycles. The van der Waals surface area contributed by atoms with Crippen LogP contribution in [-0.2, 0) is 9.53 Å². The zero-order valence-electron chi connectivity index (χ0n) is 14.4. The van der Waals surface area contributed by atoms with Crippen LogP contribution in [0.25, 0.3) is 0 Å². The molecule has 2 atom stereocenters. The van der Waals surface area contributed by atoms with Crippen molar-refractivity contribution in [2.24, 2.45) is 0 Å². The molecule has 1 amide bonds. The van der Waals surface area contributed by atoms with E-state index in [0.29, 0.717) is 16.3 Å². The molecule has 2 aromatic rings. The number of carbonyl (C=O) groups excluding carboxylic acids is 2. The lowest BCUT2D eigenvalue weighted by molar-refractivity contribution is -0.117. The van der Waals surface area contributed by atoms with E-state index in [0.717, 1.165) is 30.6 Å². The number of benzene rings is 2. The van der Waals surface area contributed by atoms with Crippen molar-refractivity contribution in [3.05, 3.63) is 58.6 Å². The fourth-order valence-electron chi connectivity index (χ4n) is 3.65. The average molecular weight is 371 g/mol. The van der Waals surface area contributed by atoms with Gasteiger partial charge < -0.3 is 15.0 Å². The number of hydrogen-bond donors (Lipinski definition) is 1. The lowest BCUT2D eigenvalue weighted by Gasteiger charge is -2.33. The molecule has 0 saturated carbocycles. The van der Waals surface area contributed by atoms with Gasteiger partial charge in [-0.25, -0.2) is 4.79 Å². The highest BCUT2D eigenvalue weighted by Crippen LogP contribution is 2.37. The van der Waals surface area contributed by atoms with Crippen LogP contribution < -0.4 is 10.2 Å². The van der Waals surface area contributed by atoms with Gasteiger partial charge in [-0.3, -0.25) is 4.79 Å². The van der Waals surface area contributed by atoms with E-state index < -0.39 is 12.1 Å². The highest BCUT2D eigenvalue weighted by Gasteiger charge is 2.36. The Balaban J connectivity index is 1.55. The van der Waals surface area contributed by atoms with E-state index in [-0.39, 0.29) is 11.9 Å². The maximum Gasteiger partial charge on any atom is 0.338 e. The number of hydrogen-bond acceptors (Lipinski definition) is 4. The first-order chi connectivity index (χ1) is 12.5. The summed E-state index contributed by atoms with van der Waals surface area (Å²) >= 11 is 6.17. The molecule has 1 fully saturated rings. The van der Waals surface area contributed by atoms with Crippen molar-refractivity contribution >= 4 is 34.9 Å². The third-order valence-corrected chi connectivity index (χ3v) is 5.33. The Morgan fingerprint density at radius 3 is 2.92 bits per heavy atom. The van der Waals surface area contributed by atoms with E-state index in [1.807, 2.05) is 24.3 Å². The number of anilines is 2. The molecule has 2 aromatic carbocycles. The number of nitrogens with one attached hydrogen (secondary N) is 1. The lowest BCUT2D eigenvalue weighted by Crippen LogP contribution is -2.43. The fraction of sp³-hybridized carbons (Fsp3) is 0.300. The molecule has 0 radical (unpaired) electrons. The first-order valence-corrected chi connectivity index (χ1v) is 9.09. The zero-order valence-corrected chi connectivity index (χ0v) is 15.1. The van der Waals surface area contributed by atoms with E-state index in [2.05, 4.69) is 10.2 Å². The van der Waals surface area contributed by atoms with Gasteiger partial charge in [-0.05, 0) is 44.0 Å². The predicted molar refractivity (Wildman–Crippen MR) is 101 cm³/mol. The SMILES string of the molecule is C[C@H](OC(=O)c1ccc2c(c1)NC(=O)[C@@H]1CCCN21)c1ccccc1Cl. The summed E-state index contributed by atoms with van der Waals surface area (Å²) in [7, 11) is 0. The highest BCUT2D eigenvalue weighted by atomic mass is 35.5. The van der Waals surface area contributed by atoms with Crippen LogP contribution in [0.1, 0.15) is 41.8 Å². The third kappa shape index (κ3) is 2.92. The van der Waals surface area contributed by atoms with Crippen LogP contribution in [0.5, 0.6) is 0 Å². The highest BCUT2D eigenvalue weighted by molar-refractivity contribution is 6.31. The molecule has 2 aliphatic rings. The van der Waals surface area contributed by atoms with E-state index >= 15 is 0 Å². The van der Waals surface area contributed by atoms with Crippen molar-refractivity contribution in [2.75, 3.05) is 16.8 Å². The first kappa shape index (κ1) is 16.9. The second-order valence-electron chi connectivity index (χ2n) is 6.64. The van der Waals surface area contributed by atoms with Gasteiger partial charge >= 0.3 is 5.97 Å². The second kappa shape index (κ2) is 6.65. The molecule has 1 saturated heterocycles. The maximum atomic E-state index is 12.5. The van der Waals surface area contributed by atoms with Gasteiger partial charge in [0.2, 0.25) is 5.91 Å². The number of esters is 1. The minimum atomic E-state index is -0.468. The summed E-state index contributed by atoms with van der Waals surface area (Å²) in [5, 5.41) is 3.47. The molecule has 134 valence electrons. The van der Waals surface area contributed by atoms with Gasteiger partial charge in [-0.1, -0.05) is 29.8 Å². The Labute approximate surface area is 156 Å². The Hall–Kier alpha value is -2.53. The van der Waals surface area contributed by atoms with Crippen molar-refractivity contribution in [3.63, 3.8) is 0 Å². The largest absolute Gasteiger partial charge is 0.454 e. The topological polar surface area (TPSA) is 58.6 Å². The molecule has 26 heavy (non-hydrogen) atoms. The van der Waals surface area contributed by atoms with Crippen molar-refractivity contribution in [3.8, 4) is 0 Å². The molecule has 0 unspecified atom stereocenters. The number of rotatable bonds is 3. The number of fused-ring (bicyclic) bond motifs is 3. The van der Waals surface area contributed by atoms with Gasteiger partial charge in [0.25, 0.3) is 0 Å². The molecule has 1 N–H and O–H groups in total. The van der Waals surface area contributed by atoms with Crippen LogP contribution >= 0.6 is 11.6 Å². The van der Waals surface area contributed by atoms with E-state index in [1.54, 1.807) is 25.1 Å². The van der Waals surface area contributed by atoms with Crippen LogP contribution in [0.3, 0.4) is 0 Å². The number of amides is 1. The second-order valence-corrected chi connectivity index (χ2v) is 7.05. The zero-order chi connectivity index (χ0) is 18.3. The standard InChI is InChI=1S/C20H19ClN2O3/c1-12(14-5-2-3-6-15(14)21)26-20(25)13-8-9-17-16(11-13)22-19(24)18-7-4-10-23(17)18/h2-3,5-6,8-9,11-12,18H,4,7,10H2,1H3,(H,22,24)/t12-,18-/m0/s1. The van der Waals surface area contributed by atoms with E-state index in [1.165, 1.54) is 0 Å². The summed E-state index contributed by atoms with van der Waals surface area (Å²) in [6.07, 6.45) is 1.39. The Kier molecular flexibility index (Phi) is 4.32. The van der Waals surface area contributed by atoms with Crippen molar-refractivity contribution in [1.82, 2.24) is 0 Å². The summed E-state index contributed by atoms with van der Waals surface area (Å²) in [4.78, 5) is 26.9. The van der Waals surface area contributed by atoms with Crippen LogP contribution in [0.4, 0.5) is 11.4 Å². The summed E-state index contributed by atoms with van der Waals surface area (Å²) in [6, 6.07) is 12.5. The summed E-state index contributed by atoms with van der Waals surface area (Å²) in [5.41, 5.74) is 2.78. The summed E-state index contributed by atoms with van der Waals surface area (Å²) < 4.78 is 5.56. The molecule has 2 aliphatic heterocycles. The molecule has 4 rings (SSSR count). The molecule has 0 aromatic heterocycles. The normalized spacial score (nSPS) is 19.4. The number of nitrogens with zero attached hydrogens (tertiary/aromatic N) is 1. The van der Waals surface area contributed by atoms with E-state index in [9.17, 15) is 9.59 Å². The minimum absolute atomic E-state index is 0.00930. The molecule has 5 nitrogen and oxygen atoms in total. The van der Waals surface area contributed by atoms with Crippen LogP contribution in [0.2, 0.25) is 5.02 Å². The van der Waals surface area contributed by atoms with Crippen molar-refractivity contribution in [1.29, 1.82) is 0 Å². The first-order valence-electron chi connectivity index (χ1n) is 8.71. The Morgan fingerprint density at radius 2 is 2.12 bits per heavy atom. The van der Waals surface area contributed by atoms with Crippen LogP contribution in [0.15, 0.2) is 42.5 Å². The molecule has 0 spiro atoms. The van der Waals surface area contributed by atoms with Gasteiger partial charge in [-0.15, -0.1) is 0 Å². The van der Waals surface area contributed by atoms with Gasteiger partial charge in [0.15, 0.2) is 0 Å². The molecule has 0 aliphatic carbocycles. The minimum Gasteiger partial charge on any atom is -0.454 e. The molecular weight excluding hydrogens is 352 g/mol. The number of halogens is 1. The number of carbonyl (C=O) groups is 2. The summed E-state index contributed by atoms with van der Waals surface area (Å²) in [5.74, 6) is -0.456. The lowest BCUT2D eigenvalue weighted by atomic mass is 10.1. The van der Waals surface area contributed by atoms with Gasteiger partial charge in [-0.2, -0.15) is 0 Å². The van der Waals surface area contributed by atoms with Crippen molar-refractivity contribution in [2.45, 2.75) is 31.9 Å². The predicted octanol–water partition coefficient (Wildman–Crippen LogP) is 4.18. The quantitative estimate of drug-likeness (QED) is 0.823. The molecule has 6 heteroatoms. The Morgan fingerprint density at radius 1 is 1.31 bits per heavy atom. The number of ether oxygens (including phenoxy) is 1. The van der Waals surface area contributed by atoms with Gasteiger partial charge in [0.05, 0.1) is 16.9 Å². The monoisotopic (exact) mass is 370 g/mol. The van der Waals surface area contributed by atoms with E-state index in [4.69, 9.17) is 16.3 Å². The Bertz CT molecular complexity index is 883. The van der Waals surface area contributed by atoms with Gasteiger partial charge in [0.1, 0.15) is 12.1 Å².